The van der Waals surface area contributed by atoms with Crippen molar-refractivity contribution < 1.29 is 0 Å². The number of aryl methyl sites for hydroxylation is 8. The highest BCUT2D eigenvalue weighted by atomic mass is 14.1. The first-order valence-electron chi connectivity index (χ1n) is 13.6. The van der Waals surface area contributed by atoms with Crippen LogP contribution >= 0.6 is 0 Å². The zero-order chi connectivity index (χ0) is 27.6. The molecule has 37 heavy (non-hydrogen) atoms. The molecule has 0 unspecified atom stereocenters. The number of hydrogen-bond donors (Lipinski definition) is 0. The van der Waals surface area contributed by atoms with Gasteiger partial charge in [-0.1, -0.05) is 48.5 Å². The summed E-state index contributed by atoms with van der Waals surface area (Å²) in [5.41, 5.74) is 22.2. The third-order valence-corrected chi connectivity index (χ3v) is 8.57. The Morgan fingerprint density at radius 1 is 0.297 bits per heavy atom. The summed E-state index contributed by atoms with van der Waals surface area (Å²) < 4.78 is 0. The lowest BCUT2D eigenvalue weighted by Gasteiger charge is -2.12. The third-order valence-electron chi connectivity index (χ3n) is 8.57. The van der Waals surface area contributed by atoms with Crippen molar-refractivity contribution in [3.63, 3.8) is 0 Å². The Labute approximate surface area is 226 Å². The molecule has 0 N–H and O–H groups in total. The van der Waals surface area contributed by atoms with E-state index in [-0.39, 0.29) is 0 Å². The van der Waals surface area contributed by atoms with Gasteiger partial charge in [0.05, 0.1) is 0 Å². The van der Waals surface area contributed by atoms with E-state index in [1.807, 2.05) is 0 Å². The lowest BCUT2D eigenvalue weighted by atomic mass is 9.93. The van der Waals surface area contributed by atoms with Gasteiger partial charge in [0.25, 0.3) is 0 Å². The lowest BCUT2D eigenvalue weighted by Crippen LogP contribution is -1.96. The van der Waals surface area contributed by atoms with E-state index in [9.17, 15) is 0 Å². The van der Waals surface area contributed by atoms with Crippen molar-refractivity contribution in [2.75, 3.05) is 0 Å². The molecule has 0 bridgehead atoms. The summed E-state index contributed by atoms with van der Waals surface area (Å²) in [5, 5.41) is 0. The topological polar surface area (TPSA) is 0 Å². The average Bonchev–Trinajstić information content (AvgIpc) is 2.82. The second-order valence-corrected chi connectivity index (χ2v) is 11.4. The smallest absolute Gasteiger partial charge is 0.00254 e. The highest BCUT2D eigenvalue weighted by Crippen LogP contribution is 2.28. The molecule has 0 amide bonds. The van der Waals surface area contributed by atoms with Crippen LogP contribution in [0.2, 0.25) is 0 Å². The van der Waals surface area contributed by atoms with Gasteiger partial charge in [0.1, 0.15) is 0 Å². The highest BCUT2D eigenvalue weighted by Gasteiger charge is 2.07. The van der Waals surface area contributed by atoms with Crippen molar-refractivity contribution in [1.29, 1.82) is 0 Å². The molecule has 0 nitrogen and oxygen atoms in total. The Kier molecular flexibility index (Phi) is 8.85. The molecule has 0 heterocycles. The molecule has 0 radical (unpaired) electrons. The molecule has 194 valence electrons. The minimum Gasteiger partial charge on any atom is -0.0555 e. The predicted octanol–water partition coefficient (Wildman–Crippen LogP) is 10.3. The van der Waals surface area contributed by atoms with E-state index in [1.165, 1.54) is 89.0 Å². The Morgan fingerprint density at radius 2 is 0.486 bits per heavy atom. The molecule has 0 heteroatoms. The van der Waals surface area contributed by atoms with Crippen LogP contribution in [0.15, 0.2) is 48.5 Å². The van der Waals surface area contributed by atoms with Gasteiger partial charge in [-0.25, -0.2) is 0 Å². The minimum atomic E-state index is 1.03. The second kappa shape index (κ2) is 11.5. The van der Waals surface area contributed by atoms with Crippen LogP contribution in [-0.4, -0.2) is 0 Å². The van der Waals surface area contributed by atoms with E-state index in [0.717, 1.165) is 6.42 Å². The van der Waals surface area contributed by atoms with Crippen molar-refractivity contribution in [1.82, 2.24) is 0 Å². The van der Waals surface area contributed by atoms with Gasteiger partial charge in [0.15, 0.2) is 0 Å². The summed E-state index contributed by atoms with van der Waals surface area (Å²) in [4.78, 5) is 0. The van der Waals surface area contributed by atoms with Crippen molar-refractivity contribution in [3.05, 3.63) is 126 Å². The first kappa shape index (κ1) is 28.5. The first-order valence-corrected chi connectivity index (χ1v) is 13.6. The Morgan fingerprint density at radius 3 is 0.703 bits per heavy atom. The van der Waals surface area contributed by atoms with Crippen molar-refractivity contribution in [2.45, 2.75) is 89.5 Å². The average molecular weight is 491 g/mol. The van der Waals surface area contributed by atoms with Crippen LogP contribution in [0.4, 0.5) is 0 Å². The van der Waals surface area contributed by atoms with Crippen molar-refractivity contribution in [3.8, 4) is 11.1 Å². The molecule has 0 spiro atoms. The van der Waals surface area contributed by atoms with Gasteiger partial charge in [-0.05, 0) is 179 Å². The Bertz CT molecular complexity index is 1240. The van der Waals surface area contributed by atoms with Crippen LogP contribution in [0, 0.1) is 83.1 Å². The van der Waals surface area contributed by atoms with E-state index in [0.29, 0.717) is 0 Å². The van der Waals surface area contributed by atoms with Crippen LogP contribution < -0.4 is 0 Å². The van der Waals surface area contributed by atoms with Crippen LogP contribution in [0.5, 0.6) is 0 Å². The van der Waals surface area contributed by atoms with Crippen LogP contribution in [0.3, 0.4) is 0 Å². The molecule has 4 aromatic carbocycles. The molecule has 4 aromatic rings. The second-order valence-electron chi connectivity index (χ2n) is 11.4. The zero-order valence-electron chi connectivity index (χ0n) is 25.3. The van der Waals surface area contributed by atoms with Gasteiger partial charge in [-0.15, -0.1) is 0 Å². The molecular weight excluding hydrogens is 444 g/mol. The molecule has 0 atom stereocenters. The monoisotopic (exact) mass is 490 g/mol. The van der Waals surface area contributed by atoms with Gasteiger partial charge in [-0.2, -0.15) is 0 Å². The van der Waals surface area contributed by atoms with Gasteiger partial charge in [0, 0.05) is 0 Å². The number of rotatable bonds is 3. The van der Waals surface area contributed by atoms with E-state index < -0.39 is 0 Å². The third kappa shape index (κ3) is 6.61. The molecular formula is C37H46. The van der Waals surface area contributed by atoms with E-state index in [4.69, 9.17) is 0 Å². The fourth-order valence-corrected chi connectivity index (χ4v) is 5.10. The lowest BCUT2D eigenvalue weighted by molar-refractivity contribution is 1.12. The van der Waals surface area contributed by atoms with Gasteiger partial charge >= 0.3 is 0 Å². The van der Waals surface area contributed by atoms with E-state index in [1.54, 1.807) is 0 Å². The van der Waals surface area contributed by atoms with Crippen LogP contribution in [0.25, 0.3) is 11.1 Å². The highest BCUT2D eigenvalue weighted by molar-refractivity contribution is 5.68. The maximum atomic E-state index is 2.33. The van der Waals surface area contributed by atoms with Crippen molar-refractivity contribution in [2.24, 2.45) is 0 Å². The Balaban J connectivity index is 0.000000206. The molecule has 0 saturated heterocycles. The Hall–Kier alpha value is -3.12. The van der Waals surface area contributed by atoms with Crippen LogP contribution in [0.1, 0.15) is 77.9 Å². The molecule has 0 aliphatic rings. The largest absolute Gasteiger partial charge is 0.0555 e. The molecule has 4 rings (SSSR count). The number of benzene rings is 4. The molecule has 0 fully saturated rings. The quantitative estimate of drug-likeness (QED) is 0.268. The standard InChI is InChI=1S/C19H24.C18H22/c1-12-7-18(8-13(2)16(12)5)11-19-9-14(3)17(6)15(4)10-19;1-11-7-17(8-12(2)15(11)5)18-9-13(3)16(6)14(4)10-18/h7-10H,11H2,1-6H3;7-10H,1-6H3. The predicted molar refractivity (Wildman–Crippen MR) is 164 cm³/mol. The fraction of sp³-hybridized carbons (Fsp3) is 0.351. The van der Waals surface area contributed by atoms with Gasteiger partial charge < -0.3 is 0 Å². The minimum absolute atomic E-state index is 1.03. The van der Waals surface area contributed by atoms with Gasteiger partial charge in [-0.3, -0.25) is 0 Å². The van der Waals surface area contributed by atoms with E-state index in [2.05, 4.69) is 132 Å². The zero-order valence-corrected chi connectivity index (χ0v) is 25.3. The normalized spacial score (nSPS) is 10.8. The molecule has 0 aromatic heterocycles. The molecule has 0 aliphatic heterocycles. The SMILES string of the molecule is Cc1cc(-c2cc(C)c(C)c(C)c2)cc(C)c1C.Cc1cc(Cc2cc(C)c(C)c(C)c2)cc(C)c1C. The molecule has 0 saturated carbocycles. The maximum absolute atomic E-state index is 2.33. The fourth-order valence-electron chi connectivity index (χ4n) is 5.10. The summed E-state index contributed by atoms with van der Waals surface area (Å²) in [6, 6.07) is 18.5. The summed E-state index contributed by atoms with van der Waals surface area (Å²) in [6.45, 7) is 26.4. The van der Waals surface area contributed by atoms with Gasteiger partial charge in [0.2, 0.25) is 0 Å². The summed E-state index contributed by atoms with van der Waals surface area (Å²) in [7, 11) is 0. The summed E-state index contributed by atoms with van der Waals surface area (Å²) in [6.07, 6.45) is 1.03. The summed E-state index contributed by atoms with van der Waals surface area (Å²) in [5.74, 6) is 0. The van der Waals surface area contributed by atoms with Crippen molar-refractivity contribution >= 4 is 0 Å². The van der Waals surface area contributed by atoms with Crippen LogP contribution in [-0.2, 0) is 6.42 Å². The van der Waals surface area contributed by atoms with E-state index >= 15 is 0 Å². The molecule has 0 aliphatic carbocycles. The summed E-state index contributed by atoms with van der Waals surface area (Å²) >= 11 is 0. The maximum Gasteiger partial charge on any atom is -0.00254 e. The first-order chi connectivity index (χ1) is 17.3. The number of hydrogen-bond acceptors (Lipinski definition) is 0.